The van der Waals surface area contributed by atoms with E-state index < -0.39 is 6.16 Å². The minimum absolute atomic E-state index is 0.148. The third-order valence-electron chi connectivity index (χ3n) is 3.99. The molecule has 1 aliphatic rings. The molecule has 24 heavy (non-hydrogen) atoms. The summed E-state index contributed by atoms with van der Waals surface area (Å²) < 4.78 is 9.54. The first-order chi connectivity index (χ1) is 11.6. The number of hydrogen-bond donors (Lipinski definition) is 1. The first kappa shape index (κ1) is 16.3. The van der Waals surface area contributed by atoms with Crippen molar-refractivity contribution in [2.45, 2.75) is 18.9 Å². The van der Waals surface area contributed by atoms with Crippen LogP contribution < -0.4 is 10.1 Å². The molecule has 0 fully saturated rings. The van der Waals surface area contributed by atoms with E-state index in [-0.39, 0.29) is 11.9 Å². The summed E-state index contributed by atoms with van der Waals surface area (Å²) in [6.45, 7) is 0. The Morgan fingerprint density at radius 3 is 2.75 bits per heavy atom. The van der Waals surface area contributed by atoms with Gasteiger partial charge in [0.25, 0.3) is 5.91 Å². The number of halogens is 1. The van der Waals surface area contributed by atoms with Crippen LogP contribution in [0.3, 0.4) is 0 Å². The number of amides is 1. The van der Waals surface area contributed by atoms with Crippen LogP contribution >= 0.6 is 11.6 Å². The van der Waals surface area contributed by atoms with Gasteiger partial charge in [-0.2, -0.15) is 0 Å². The average Bonchev–Trinajstić information content (AvgIpc) is 2.97. The molecular weight excluding hydrogens is 330 g/mol. The van der Waals surface area contributed by atoms with Crippen molar-refractivity contribution in [1.29, 1.82) is 0 Å². The van der Waals surface area contributed by atoms with Crippen LogP contribution in [-0.2, 0) is 11.2 Å². The van der Waals surface area contributed by atoms with E-state index in [4.69, 9.17) is 16.3 Å². The summed E-state index contributed by atoms with van der Waals surface area (Å²) in [5, 5.41) is 3.40. The van der Waals surface area contributed by atoms with Gasteiger partial charge in [-0.1, -0.05) is 29.8 Å². The van der Waals surface area contributed by atoms with E-state index in [0.717, 1.165) is 24.0 Å². The molecular formula is C18H16ClNO4. The molecule has 0 unspecified atom stereocenters. The molecule has 3 rings (SSSR count). The Labute approximate surface area is 144 Å². The minimum Gasteiger partial charge on any atom is -0.437 e. The first-order valence-corrected chi connectivity index (χ1v) is 7.90. The van der Waals surface area contributed by atoms with Gasteiger partial charge in [0.1, 0.15) is 5.75 Å². The highest BCUT2D eigenvalue weighted by molar-refractivity contribution is 6.33. The summed E-state index contributed by atoms with van der Waals surface area (Å²) in [6.07, 6.45) is 0.860. The second-order valence-corrected chi connectivity index (χ2v) is 5.87. The van der Waals surface area contributed by atoms with Gasteiger partial charge < -0.3 is 14.8 Å². The number of carbonyl (C=O) groups is 2. The van der Waals surface area contributed by atoms with E-state index in [0.29, 0.717) is 16.3 Å². The summed E-state index contributed by atoms with van der Waals surface area (Å²) in [5.74, 6) is 0.164. The summed E-state index contributed by atoms with van der Waals surface area (Å²) in [6, 6.07) is 12.1. The highest BCUT2D eigenvalue weighted by Gasteiger charge is 2.25. The number of hydrogen-bond acceptors (Lipinski definition) is 4. The zero-order valence-corrected chi connectivity index (χ0v) is 13.8. The van der Waals surface area contributed by atoms with Gasteiger partial charge >= 0.3 is 6.16 Å². The fourth-order valence-corrected chi connectivity index (χ4v) is 3.03. The van der Waals surface area contributed by atoms with Gasteiger partial charge in [0.2, 0.25) is 0 Å². The predicted octanol–water partition coefficient (Wildman–Crippen LogP) is 3.90. The molecule has 6 heteroatoms. The number of fused-ring (bicyclic) bond motifs is 1. The maximum atomic E-state index is 12.4. The van der Waals surface area contributed by atoms with Crippen molar-refractivity contribution in [3.05, 3.63) is 64.2 Å². The van der Waals surface area contributed by atoms with Crippen molar-refractivity contribution < 1.29 is 19.1 Å². The van der Waals surface area contributed by atoms with Crippen LogP contribution in [-0.4, -0.2) is 19.2 Å². The molecule has 2 aromatic rings. The summed E-state index contributed by atoms with van der Waals surface area (Å²) in [5.41, 5.74) is 2.50. The molecule has 1 N–H and O–H groups in total. The zero-order chi connectivity index (χ0) is 17.1. The number of rotatable bonds is 3. The van der Waals surface area contributed by atoms with Crippen LogP contribution in [0.5, 0.6) is 5.75 Å². The van der Waals surface area contributed by atoms with E-state index in [2.05, 4.69) is 10.1 Å². The molecule has 0 aliphatic heterocycles. The molecule has 1 atom stereocenters. The number of methoxy groups -OCH3 is 1. The van der Waals surface area contributed by atoms with Crippen LogP contribution in [0, 0.1) is 0 Å². The Hall–Kier alpha value is -2.53. The van der Waals surface area contributed by atoms with Crippen molar-refractivity contribution in [1.82, 2.24) is 5.32 Å². The smallest absolute Gasteiger partial charge is 0.437 e. The lowest BCUT2D eigenvalue weighted by atomic mass is 10.1. The second-order valence-electron chi connectivity index (χ2n) is 5.46. The fraction of sp³-hybridized carbons (Fsp3) is 0.222. The third kappa shape index (κ3) is 3.36. The Balaban J connectivity index is 1.78. The van der Waals surface area contributed by atoms with Crippen LogP contribution in [0.4, 0.5) is 4.79 Å². The highest BCUT2D eigenvalue weighted by Crippen LogP contribution is 2.34. The molecule has 5 nitrogen and oxygen atoms in total. The molecule has 0 radical (unpaired) electrons. The summed E-state index contributed by atoms with van der Waals surface area (Å²) in [4.78, 5) is 23.7. The van der Waals surface area contributed by atoms with Crippen molar-refractivity contribution in [3.8, 4) is 5.75 Å². The normalized spacial score (nSPS) is 15.5. The maximum Gasteiger partial charge on any atom is 0.513 e. The van der Waals surface area contributed by atoms with Gasteiger partial charge in [0, 0.05) is 0 Å². The molecule has 2 aromatic carbocycles. The molecule has 1 aliphatic carbocycles. The number of ether oxygens (including phenoxy) is 2. The Bertz CT molecular complexity index is 790. The lowest BCUT2D eigenvalue weighted by Crippen LogP contribution is -2.27. The standard InChI is InChI=1S/C18H16ClNO4/c1-23-18(22)24-12-8-6-11-7-9-16(14(11)10-12)20-17(21)13-4-2-3-5-15(13)19/h2-6,8,10,16H,7,9H2,1H3,(H,20,21)/t16-/m1/s1. The minimum atomic E-state index is -0.774. The fourth-order valence-electron chi connectivity index (χ4n) is 2.81. The largest absolute Gasteiger partial charge is 0.513 e. The van der Waals surface area contributed by atoms with Crippen LogP contribution in [0.2, 0.25) is 5.02 Å². The first-order valence-electron chi connectivity index (χ1n) is 7.52. The van der Waals surface area contributed by atoms with E-state index in [1.165, 1.54) is 7.11 Å². The van der Waals surface area contributed by atoms with E-state index >= 15 is 0 Å². The number of nitrogens with one attached hydrogen (secondary N) is 1. The van der Waals surface area contributed by atoms with E-state index in [1.54, 1.807) is 36.4 Å². The van der Waals surface area contributed by atoms with Crippen molar-refractivity contribution in [2.75, 3.05) is 7.11 Å². The second kappa shape index (κ2) is 6.93. The quantitative estimate of drug-likeness (QED) is 0.676. The molecule has 0 heterocycles. The van der Waals surface area contributed by atoms with Crippen LogP contribution in [0.25, 0.3) is 0 Å². The van der Waals surface area contributed by atoms with Gasteiger partial charge in [-0.15, -0.1) is 0 Å². The van der Waals surface area contributed by atoms with Crippen LogP contribution in [0.1, 0.15) is 33.9 Å². The van der Waals surface area contributed by atoms with Gasteiger partial charge in [-0.3, -0.25) is 4.79 Å². The average molecular weight is 346 g/mol. The Morgan fingerprint density at radius 1 is 1.21 bits per heavy atom. The van der Waals surface area contributed by atoms with Gasteiger partial charge in [0.05, 0.1) is 23.7 Å². The number of benzene rings is 2. The summed E-state index contributed by atoms with van der Waals surface area (Å²) >= 11 is 6.07. The predicted molar refractivity (Wildman–Crippen MR) is 89.5 cm³/mol. The summed E-state index contributed by atoms with van der Waals surface area (Å²) in [7, 11) is 1.25. The van der Waals surface area contributed by atoms with Gasteiger partial charge in [-0.25, -0.2) is 4.79 Å². The number of carbonyl (C=O) groups excluding carboxylic acids is 2. The highest BCUT2D eigenvalue weighted by atomic mass is 35.5. The molecule has 0 saturated heterocycles. The maximum absolute atomic E-state index is 12.4. The number of aryl methyl sites for hydroxylation is 1. The SMILES string of the molecule is COC(=O)Oc1ccc2c(c1)[C@H](NC(=O)c1ccccc1Cl)CC2. The van der Waals surface area contributed by atoms with E-state index in [9.17, 15) is 9.59 Å². The Kier molecular flexibility index (Phi) is 4.71. The van der Waals surface area contributed by atoms with Crippen LogP contribution in [0.15, 0.2) is 42.5 Å². The lowest BCUT2D eigenvalue weighted by molar-refractivity contribution is 0.0936. The van der Waals surface area contributed by atoms with Gasteiger partial charge in [-0.05, 0) is 48.2 Å². The molecule has 0 saturated carbocycles. The topological polar surface area (TPSA) is 64.6 Å². The molecule has 0 spiro atoms. The van der Waals surface area contributed by atoms with Crippen molar-refractivity contribution in [3.63, 3.8) is 0 Å². The van der Waals surface area contributed by atoms with Crippen molar-refractivity contribution >= 4 is 23.7 Å². The van der Waals surface area contributed by atoms with Gasteiger partial charge in [0.15, 0.2) is 0 Å². The molecule has 1 amide bonds. The monoisotopic (exact) mass is 345 g/mol. The molecule has 0 aromatic heterocycles. The lowest BCUT2D eigenvalue weighted by Gasteiger charge is -2.15. The van der Waals surface area contributed by atoms with Crippen molar-refractivity contribution in [2.24, 2.45) is 0 Å². The molecule has 124 valence electrons. The zero-order valence-electron chi connectivity index (χ0n) is 13.0. The van der Waals surface area contributed by atoms with E-state index in [1.807, 2.05) is 6.07 Å². The Morgan fingerprint density at radius 2 is 2.00 bits per heavy atom. The molecule has 0 bridgehead atoms. The third-order valence-corrected chi connectivity index (χ3v) is 4.32.